The van der Waals surface area contributed by atoms with Gasteiger partial charge in [0.05, 0.1) is 22.9 Å². The van der Waals surface area contributed by atoms with Crippen molar-refractivity contribution in [1.82, 2.24) is 9.97 Å². The number of hydrazone groups is 1. The number of rotatable bonds is 3. The Bertz CT molecular complexity index is 818. The standard InChI is InChI=1S/C15H10Cl2N4/c16-10-4-3-5-11(8-10)21-18-9-14-15(17)20-13-7-2-1-6-12(13)19-14/h1-9,21H/b18-9+. The van der Waals surface area contributed by atoms with Gasteiger partial charge in [-0.2, -0.15) is 5.10 Å². The molecule has 0 spiro atoms. The molecular weight excluding hydrogens is 307 g/mol. The summed E-state index contributed by atoms with van der Waals surface area (Å²) in [6, 6.07) is 14.8. The van der Waals surface area contributed by atoms with E-state index in [4.69, 9.17) is 23.2 Å². The van der Waals surface area contributed by atoms with Crippen LogP contribution in [0.2, 0.25) is 10.2 Å². The van der Waals surface area contributed by atoms with Crippen molar-refractivity contribution in [3.05, 3.63) is 64.4 Å². The topological polar surface area (TPSA) is 50.2 Å². The molecule has 0 amide bonds. The molecule has 0 aliphatic heterocycles. The summed E-state index contributed by atoms with van der Waals surface area (Å²) in [5.41, 5.74) is 5.68. The smallest absolute Gasteiger partial charge is 0.157 e. The van der Waals surface area contributed by atoms with Crippen molar-refractivity contribution < 1.29 is 0 Å². The van der Waals surface area contributed by atoms with Crippen LogP contribution in [0.3, 0.4) is 0 Å². The van der Waals surface area contributed by atoms with Gasteiger partial charge in [-0.1, -0.05) is 41.4 Å². The number of nitrogens with zero attached hydrogens (tertiary/aromatic N) is 3. The first-order valence-electron chi connectivity index (χ1n) is 6.19. The van der Waals surface area contributed by atoms with Crippen LogP contribution in [0.25, 0.3) is 11.0 Å². The number of benzene rings is 2. The monoisotopic (exact) mass is 316 g/mol. The molecule has 0 bridgehead atoms. The lowest BCUT2D eigenvalue weighted by molar-refractivity contribution is 1.26. The van der Waals surface area contributed by atoms with Crippen molar-refractivity contribution in [2.75, 3.05) is 5.43 Å². The van der Waals surface area contributed by atoms with E-state index in [9.17, 15) is 0 Å². The average Bonchev–Trinajstić information content (AvgIpc) is 2.48. The van der Waals surface area contributed by atoms with E-state index in [1.807, 2.05) is 36.4 Å². The summed E-state index contributed by atoms with van der Waals surface area (Å²) in [5.74, 6) is 0. The Morgan fingerprint density at radius 2 is 1.71 bits per heavy atom. The SMILES string of the molecule is Clc1cccc(N/N=C/c2nc3ccccc3nc2Cl)c1. The average molecular weight is 317 g/mol. The van der Waals surface area contributed by atoms with E-state index in [0.29, 0.717) is 15.9 Å². The highest BCUT2D eigenvalue weighted by molar-refractivity contribution is 6.32. The summed E-state index contributed by atoms with van der Waals surface area (Å²) in [6.45, 7) is 0. The van der Waals surface area contributed by atoms with Gasteiger partial charge in [-0.15, -0.1) is 0 Å². The molecule has 0 aliphatic rings. The first kappa shape index (κ1) is 13.8. The molecule has 0 atom stereocenters. The number of fused-ring (bicyclic) bond motifs is 1. The van der Waals surface area contributed by atoms with E-state index in [2.05, 4.69) is 20.5 Å². The minimum absolute atomic E-state index is 0.311. The lowest BCUT2D eigenvalue weighted by atomic mass is 10.3. The second-order valence-electron chi connectivity index (χ2n) is 4.27. The molecule has 104 valence electrons. The van der Waals surface area contributed by atoms with Gasteiger partial charge in [-0.25, -0.2) is 9.97 Å². The zero-order valence-corrected chi connectivity index (χ0v) is 12.3. The fourth-order valence-corrected chi connectivity index (χ4v) is 2.17. The number of nitrogens with one attached hydrogen (secondary N) is 1. The minimum Gasteiger partial charge on any atom is -0.278 e. The molecule has 1 aromatic heterocycles. The highest BCUT2D eigenvalue weighted by Crippen LogP contribution is 2.16. The highest BCUT2D eigenvalue weighted by atomic mass is 35.5. The number of aromatic nitrogens is 2. The molecule has 2 aromatic carbocycles. The van der Waals surface area contributed by atoms with Crippen molar-refractivity contribution in [3.8, 4) is 0 Å². The van der Waals surface area contributed by atoms with Crippen LogP contribution in [0.1, 0.15) is 5.69 Å². The van der Waals surface area contributed by atoms with Crippen molar-refractivity contribution >= 4 is 46.1 Å². The molecule has 0 fully saturated rings. The number of para-hydroxylation sites is 2. The van der Waals surface area contributed by atoms with E-state index in [1.165, 1.54) is 6.21 Å². The predicted molar refractivity (Wildman–Crippen MR) is 87.2 cm³/mol. The largest absolute Gasteiger partial charge is 0.278 e. The summed E-state index contributed by atoms with van der Waals surface area (Å²) in [6.07, 6.45) is 1.53. The molecule has 6 heteroatoms. The van der Waals surface area contributed by atoms with Crippen molar-refractivity contribution in [1.29, 1.82) is 0 Å². The van der Waals surface area contributed by atoms with Crippen LogP contribution in [-0.2, 0) is 0 Å². The molecule has 1 heterocycles. The highest BCUT2D eigenvalue weighted by Gasteiger charge is 2.04. The van der Waals surface area contributed by atoms with Crippen molar-refractivity contribution in [2.45, 2.75) is 0 Å². The normalized spacial score (nSPS) is 11.1. The Hall–Kier alpha value is -2.17. The Morgan fingerprint density at radius 3 is 2.48 bits per heavy atom. The second-order valence-corrected chi connectivity index (χ2v) is 5.06. The van der Waals surface area contributed by atoms with Crippen LogP contribution in [0.15, 0.2) is 53.6 Å². The van der Waals surface area contributed by atoms with Gasteiger partial charge in [-0.05, 0) is 30.3 Å². The van der Waals surface area contributed by atoms with E-state index in [-0.39, 0.29) is 0 Å². The molecule has 4 nitrogen and oxygen atoms in total. The maximum absolute atomic E-state index is 6.10. The van der Waals surface area contributed by atoms with Gasteiger partial charge in [-0.3, -0.25) is 5.43 Å². The maximum atomic E-state index is 6.10. The quantitative estimate of drug-likeness (QED) is 0.576. The zero-order valence-electron chi connectivity index (χ0n) is 10.8. The van der Waals surface area contributed by atoms with E-state index in [1.54, 1.807) is 12.1 Å². The van der Waals surface area contributed by atoms with Crippen LogP contribution >= 0.6 is 23.2 Å². The van der Waals surface area contributed by atoms with Gasteiger partial charge in [0.15, 0.2) is 5.15 Å². The van der Waals surface area contributed by atoms with E-state index < -0.39 is 0 Å². The molecule has 21 heavy (non-hydrogen) atoms. The molecule has 1 N–H and O–H groups in total. The molecule has 3 aromatic rings. The summed E-state index contributed by atoms with van der Waals surface area (Å²) in [4.78, 5) is 8.69. The van der Waals surface area contributed by atoms with E-state index in [0.717, 1.165) is 16.7 Å². The Labute approximate surface area is 131 Å². The lowest BCUT2D eigenvalue weighted by Crippen LogP contribution is -1.96. The van der Waals surface area contributed by atoms with E-state index >= 15 is 0 Å². The van der Waals surface area contributed by atoms with Crippen molar-refractivity contribution in [2.24, 2.45) is 5.10 Å². The number of hydrogen-bond donors (Lipinski definition) is 1. The number of hydrogen-bond acceptors (Lipinski definition) is 4. The Kier molecular flexibility index (Phi) is 3.99. The summed E-state index contributed by atoms with van der Waals surface area (Å²) in [5, 5.41) is 5.05. The number of anilines is 1. The van der Waals surface area contributed by atoms with Crippen LogP contribution in [0.5, 0.6) is 0 Å². The second kappa shape index (κ2) is 6.08. The van der Waals surface area contributed by atoms with Gasteiger partial charge in [0, 0.05) is 5.02 Å². The van der Waals surface area contributed by atoms with Gasteiger partial charge in [0.2, 0.25) is 0 Å². The molecule has 0 aliphatic carbocycles. The molecule has 0 unspecified atom stereocenters. The third-order valence-electron chi connectivity index (χ3n) is 2.76. The zero-order chi connectivity index (χ0) is 14.7. The maximum Gasteiger partial charge on any atom is 0.157 e. The van der Waals surface area contributed by atoms with Gasteiger partial charge < -0.3 is 0 Å². The molecule has 0 saturated carbocycles. The van der Waals surface area contributed by atoms with Crippen LogP contribution in [-0.4, -0.2) is 16.2 Å². The van der Waals surface area contributed by atoms with Gasteiger partial charge in [0.1, 0.15) is 5.69 Å². The third-order valence-corrected chi connectivity index (χ3v) is 3.27. The van der Waals surface area contributed by atoms with Crippen LogP contribution < -0.4 is 5.43 Å². The Balaban J connectivity index is 1.84. The Morgan fingerprint density at radius 1 is 0.952 bits per heavy atom. The number of halogens is 2. The first-order chi connectivity index (χ1) is 10.2. The van der Waals surface area contributed by atoms with Crippen molar-refractivity contribution in [3.63, 3.8) is 0 Å². The summed E-state index contributed by atoms with van der Waals surface area (Å²) in [7, 11) is 0. The van der Waals surface area contributed by atoms with Crippen LogP contribution in [0.4, 0.5) is 5.69 Å². The third kappa shape index (κ3) is 3.29. The molecular formula is C15H10Cl2N4. The predicted octanol–water partition coefficient (Wildman–Crippen LogP) is 4.38. The summed E-state index contributed by atoms with van der Waals surface area (Å²) < 4.78 is 0. The summed E-state index contributed by atoms with van der Waals surface area (Å²) >= 11 is 12.0. The minimum atomic E-state index is 0.311. The van der Waals surface area contributed by atoms with Gasteiger partial charge in [0.25, 0.3) is 0 Å². The first-order valence-corrected chi connectivity index (χ1v) is 6.95. The molecule has 0 radical (unpaired) electrons. The van der Waals surface area contributed by atoms with Crippen LogP contribution in [0, 0.1) is 0 Å². The lowest BCUT2D eigenvalue weighted by Gasteiger charge is -2.02. The fraction of sp³-hybridized carbons (Fsp3) is 0. The van der Waals surface area contributed by atoms with Gasteiger partial charge >= 0.3 is 0 Å². The molecule has 3 rings (SSSR count). The fourth-order valence-electron chi connectivity index (χ4n) is 1.80. The molecule has 0 saturated heterocycles.